The van der Waals surface area contributed by atoms with Gasteiger partial charge in [-0.1, -0.05) is 0 Å². The lowest BCUT2D eigenvalue weighted by atomic mass is 10.3. The van der Waals surface area contributed by atoms with Crippen LogP contribution < -0.4 is 4.72 Å². The van der Waals surface area contributed by atoms with Crippen LogP contribution in [0, 0.1) is 18.6 Å². The fourth-order valence-corrected chi connectivity index (χ4v) is 4.43. The number of hydrogen-bond acceptors (Lipinski definition) is 4. The van der Waals surface area contributed by atoms with E-state index in [1.165, 1.54) is 6.20 Å². The standard InChI is InChI=1S/C10H7BrF2N2O2S2/c1-5-4-14-10(18-5)15-19(16,17)9-7(11)2-6(12)3-8(9)13/h2-4H,1H3,(H,14,15). The number of benzene rings is 1. The molecule has 1 heterocycles. The summed E-state index contributed by atoms with van der Waals surface area (Å²) in [6.07, 6.45) is 1.48. The molecule has 1 aromatic heterocycles. The molecule has 0 saturated carbocycles. The first-order chi connectivity index (χ1) is 8.79. The smallest absolute Gasteiger partial charge is 0.255 e. The molecule has 1 aromatic carbocycles. The van der Waals surface area contributed by atoms with Crippen molar-refractivity contribution < 1.29 is 17.2 Å². The zero-order valence-electron chi connectivity index (χ0n) is 9.45. The number of hydrogen-bond donors (Lipinski definition) is 1. The van der Waals surface area contributed by atoms with Crippen molar-refractivity contribution in [1.82, 2.24) is 4.98 Å². The van der Waals surface area contributed by atoms with Crippen LogP contribution in [-0.2, 0) is 10.0 Å². The Hall–Kier alpha value is -1.06. The van der Waals surface area contributed by atoms with E-state index in [4.69, 9.17) is 0 Å². The number of anilines is 1. The Morgan fingerprint density at radius 1 is 1.37 bits per heavy atom. The van der Waals surface area contributed by atoms with E-state index in [0.29, 0.717) is 6.07 Å². The van der Waals surface area contributed by atoms with Crippen molar-refractivity contribution in [3.63, 3.8) is 0 Å². The van der Waals surface area contributed by atoms with E-state index in [-0.39, 0.29) is 9.60 Å². The maximum Gasteiger partial charge on any atom is 0.267 e. The number of halogens is 3. The third-order valence-electron chi connectivity index (χ3n) is 2.07. The molecule has 19 heavy (non-hydrogen) atoms. The number of nitrogens with zero attached hydrogens (tertiary/aromatic N) is 1. The first-order valence-electron chi connectivity index (χ1n) is 4.89. The first-order valence-corrected chi connectivity index (χ1v) is 7.98. The van der Waals surface area contributed by atoms with Crippen molar-refractivity contribution in [3.8, 4) is 0 Å². The summed E-state index contributed by atoms with van der Waals surface area (Å²) in [5, 5.41) is 0.119. The van der Waals surface area contributed by atoms with Crippen molar-refractivity contribution in [3.05, 3.63) is 39.3 Å². The summed E-state index contributed by atoms with van der Waals surface area (Å²) < 4.78 is 52.5. The average molecular weight is 369 g/mol. The van der Waals surface area contributed by atoms with Crippen molar-refractivity contribution in [2.75, 3.05) is 4.72 Å². The van der Waals surface area contributed by atoms with Gasteiger partial charge in [0, 0.05) is 21.6 Å². The minimum absolute atomic E-state index is 0.119. The van der Waals surface area contributed by atoms with Crippen molar-refractivity contribution in [2.45, 2.75) is 11.8 Å². The lowest BCUT2D eigenvalue weighted by molar-refractivity contribution is 0.548. The van der Waals surface area contributed by atoms with Gasteiger partial charge in [0.2, 0.25) is 0 Å². The average Bonchev–Trinajstić information content (AvgIpc) is 2.60. The van der Waals surface area contributed by atoms with Gasteiger partial charge in [0.1, 0.15) is 16.5 Å². The second-order valence-corrected chi connectivity index (χ2v) is 7.29. The van der Waals surface area contributed by atoms with Crippen molar-refractivity contribution in [2.24, 2.45) is 0 Å². The molecule has 9 heteroatoms. The highest BCUT2D eigenvalue weighted by Crippen LogP contribution is 2.29. The fraction of sp³-hybridized carbons (Fsp3) is 0.100. The van der Waals surface area contributed by atoms with Gasteiger partial charge in [0.15, 0.2) is 5.13 Å². The number of rotatable bonds is 3. The van der Waals surface area contributed by atoms with Crippen LogP contribution in [0.15, 0.2) is 27.7 Å². The Bertz CT molecular complexity index is 708. The van der Waals surface area contributed by atoms with E-state index >= 15 is 0 Å². The summed E-state index contributed by atoms with van der Waals surface area (Å²) in [7, 11) is -4.17. The van der Waals surface area contributed by atoms with Gasteiger partial charge in [0.25, 0.3) is 10.0 Å². The summed E-state index contributed by atoms with van der Waals surface area (Å²) in [5.74, 6) is -2.04. The molecule has 0 aliphatic rings. The molecule has 0 aliphatic heterocycles. The van der Waals surface area contributed by atoms with E-state index < -0.39 is 26.6 Å². The Morgan fingerprint density at radius 2 is 2.05 bits per heavy atom. The topological polar surface area (TPSA) is 59.1 Å². The third kappa shape index (κ3) is 3.10. The molecule has 0 saturated heterocycles. The van der Waals surface area contributed by atoms with Crippen LogP contribution in [0.4, 0.5) is 13.9 Å². The van der Waals surface area contributed by atoms with E-state index in [1.54, 1.807) is 6.92 Å². The van der Waals surface area contributed by atoms with Gasteiger partial charge in [-0.25, -0.2) is 22.2 Å². The number of aryl methyl sites for hydroxylation is 1. The SMILES string of the molecule is Cc1cnc(NS(=O)(=O)c2c(F)cc(F)cc2Br)s1. The highest BCUT2D eigenvalue weighted by Gasteiger charge is 2.24. The molecule has 102 valence electrons. The highest BCUT2D eigenvalue weighted by atomic mass is 79.9. The van der Waals surface area contributed by atoms with Crippen molar-refractivity contribution in [1.29, 1.82) is 0 Å². The molecule has 0 fully saturated rings. The Labute approximate surface area is 120 Å². The molecule has 0 spiro atoms. The molecule has 2 aromatic rings. The minimum Gasteiger partial charge on any atom is -0.255 e. The molecule has 0 bridgehead atoms. The van der Waals surface area contributed by atoms with Crippen LogP contribution in [0.1, 0.15) is 4.88 Å². The summed E-state index contributed by atoms with van der Waals surface area (Å²) >= 11 is 3.95. The maximum absolute atomic E-state index is 13.6. The van der Waals surface area contributed by atoms with Crippen LogP contribution >= 0.6 is 27.3 Å². The largest absolute Gasteiger partial charge is 0.267 e. The van der Waals surface area contributed by atoms with Gasteiger partial charge in [-0.15, -0.1) is 11.3 Å². The zero-order valence-corrected chi connectivity index (χ0v) is 12.7. The van der Waals surface area contributed by atoms with Crippen LogP contribution in [0.2, 0.25) is 0 Å². The number of sulfonamides is 1. The van der Waals surface area contributed by atoms with E-state index in [0.717, 1.165) is 22.3 Å². The molecule has 0 atom stereocenters. The number of aromatic nitrogens is 1. The zero-order chi connectivity index (χ0) is 14.2. The Kier molecular flexibility index (Phi) is 3.88. The minimum atomic E-state index is -4.17. The molecule has 0 amide bonds. The quantitative estimate of drug-likeness (QED) is 0.903. The lowest BCUT2D eigenvalue weighted by Crippen LogP contribution is -2.15. The van der Waals surface area contributed by atoms with Crippen LogP contribution in [0.3, 0.4) is 0 Å². The van der Waals surface area contributed by atoms with Gasteiger partial charge < -0.3 is 0 Å². The highest BCUT2D eigenvalue weighted by molar-refractivity contribution is 9.10. The second kappa shape index (κ2) is 5.14. The predicted octanol–water partition coefficient (Wildman–Crippen LogP) is 3.29. The molecule has 0 unspecified atom stereocenters. The molecule has 0 aliphatic carbocycles. The summed E-state index contributed by atoms with van der Waals surface area (Å²) in [6, 6.07) is 1.39. The molecule has 1 N–H and O–H groups in total. The maximum atomic E-state index is 13.6. The summed E-state index contributed by atoms with van der Waals surface area (Å²) in [5.41, 5.74) is 0. The molecule has 2 rings (SSSR count). The summed E-state index contributed by atoms with van der Waals surface area (Å²) in [6.45, 7) is 1.75. The number of thiazole rings is 1. The fourth-order valence-electron chi connectivity index (χ4n) is 1.35. The van der Waals surface area contributed by atoms with E-state index in [1.807, 2.05) is 0 Å². The second-order valence-electron chi connectivity index (χ2n) is 3.58. The first kappa shape index (κ1) is 14.4. The third-order valence-corrected chi connectivity index (χ3v) is 5.33. The molecule has 0 radical (unpaired) electrons. The number of nitrogens with one attached hydrogen (secondary N) is 1. The van der Waals surface area contributed by atoms with Gasteiger partial charge in [0.05, 0.1) is 0 Å². The van der Waals surface area contributed by atoms with Gasteiger partial charge in [-0.2, -0.15) is 0 Å². The normalized spacial score (nSPS) is 11.6. The molecular weight excluding hydrogens is 362 g/mol. The van der Waals surface area contributed by atoms with Gasteiger partial charge in [-0.3, -0.25) is 4.72 Å². The van der Waals surface area contributed by atoms with E-state index in [2.05, 4.69) is 25.6 Å². The van der Waals surface area contributed by atoms with E-state index in [9.17, 15) is 17.2 Å². The van der Waals surface area contributed by atoms with Crippen LogP contribution in [0.25, 0.3) is 0 Å². The predicted molar refractivity (Wildman–Crippen MR) is 71.7 cm³/mol. The van der Waals surface area contributed by atoms with Crippen LogP contribution in [-0.4, -0.2) is 13.4 Å². The monoisotopic (exact) mass is 368 g/mol. The Balaban J connectivity index is 2.45. The van der Waals surface area contributed by atoms with Crippen molar-refractivity contribution >= 4 is 42.4 Å². The summed E-state index contributed by atoms with van der Waals surface area (Å²) in [4.78, 5) is 3.97. The Morgan fingerprint density at radius 3 is 2.58 bits per heavy atom. The van der Waals surface area contributed by atoms with Gasteiger partial charge in [-0.05, 0) is 28.9 Å². The molecule has 4 nitrogen and oxygen atoms in total. The molecular formula is C10H7BrF2N2O2S2. The van der Waals surface area contributed by atoms with Gasteiger partial charge >= 0.3 is 0 Å². The van der Waals surface area contributed by atoms with Crippen LogP contribution in [0.5, 0.6) is 0 Å². The lowest BCUT2D eigenvalue weighted by Gasteiger charge is -2.08.